The molecule has 0 saturated carbocycles. The molecule has 0 aliphatic carbocycles. The Morgan fingerprint density at radius 3 is 2.42 bits per heavy atom. The summed E-state index contributed by atoms with van der Waals surface area (Å²) in [6, 6.07) is 18.5. The largest absolute Gasteiger partial charge is 0.465 e. The SMILES string of the molecule is COC(=O)c1c(CC(=O)NC(c2ccccc2)c2cc3ccccc3o2)[nH]c(C(C)=O)c1C. The number of methoxy groups -OCH3 is 1. The van der Waals surface area contributed by atoms with Gasteiger partial charge in [0.25, 0.3) is 0 Å². The summed E-state index contributed by atoms with van der Waals surface area (Å²) in [7, 11) is 1.26. The molecule has 0 radical (unpaired) electrons. The van der Waals surface area contributed by atoms with Crippen molar-refractivity contribution in [2.75, 3.05) is 7.11 Å². The molecule has 0 aliphatic heterocycles. The number of furan rings is 1. The zero-order valence-corrected chi connectivity index (χ0v) is 18.6. The van der Waals surface area contributed by atoms with E-state index in [0.717, 1.165) is 16.5 Å². The molecule has 1 amide bonds. The number of ketones is 1. The smallest absolute Gasteiger partial charge is 0.339 e. The first kappa shape index (κ1) is 22.1. The van der Waals surface area contributed by atoms with E-state index in [2.05, 4.69) is 10.3 Å². The van der Waals surface area contributed by atoms with Crippen LogP contribution in [0.5, 0.6) is 0 Å². The van der Waals surface area contributed by atoms with Gasteiger partial charge in [0.2, 0.25) is 5.91 Å². The average Bonchev–Trinajstić information content (AvgIpc) is 3.38. The minimum absolute atomic E-state index is 0.137. The third kappa shape index (κ3) is 4.43. The van der Waals surface area contributed by atoms with Crippen LogP contribution in [0, 0.1) is 6.92 Å². The minimum Gasteiger partial charge on any atom is -0.465 e. The molecule has 168 valence electrons. The van der Waals surface area contributed by atoms with E-state index in [1.807, 2.05) is 60.7 Å². The molecule has 4 rings (SSSR count). The zero-order valence-electron chi connectivity index (χ0n) is 18.6. The zero-order chi connectivity index (χ0) is 23.5. The summed E-state index contributed by atoms with van der Waals surface area (Å²) < 4.78 is 10.9. The highest BCUT2D eigenvalue weighted by Crippen LogP contribution is 2.29. The number of amides is 1. The van der Waals surface area contributed by atoms with Crippen LogP contribution in [0.3, 0.4) is 0 Å². The quantitative estimate of drug-likeness (QED) is 0.323. The van der Waals surface area contributed by atoms with Crippen molar-refractivity contribution in [1.29, 1.82) is 0 Å². The Morgan fingerprint density at radius 1 is 1.06 bits per heavy atom. The first-order chi connectivity index (χ1) is 15.9. The first-order valence-corrected chi connectivity index (χ1v) is 10.5. The number of ether oxygens (including phenoxy) is 1. The van der Waals surface area contributed by atoms with Crippen molar-refractivity contribution in [2.45, 2.75) is 26.3 Å². The van der Waals surface area contributed by atoms with E-state index >= 15 is 0 Å². The van der Waals surface area contributed by atoms with Gasteiger partial charge in [-0.15, -0.1) is 0 Å². The van der Waals surface area contributed by atoms with Crippen LogP contribution in [0.2, 0.25) is 0 Å². The molecule has 1 unspecified atom stereocenters. The highest BCUT2D eigenvalue weighted by molar-refractivity contribution is 6.01. The van der Waals surface area contributed by atoms with Gasteiger partial charge in [-0.05, 0) is 30.2 Å². The number of hydrogen-bond donors (Lipinski definition) is 2. The summed E-state index contributed by atoms with van der Waals surface area (Å²) in [5.74, 6) is -0.577. The molecule has 0 bridgehead atoms. The maximum Gasteiger partial charge on any atom is 0.339 e. The van der Waals surface area contributed by atoms with Crippen molar-refractivity contribution in [3.63, 3.8) is 0 Å². The number of benzene rings is 2. The molecule has 1 atom stereocenters. The van der Waals surface area contributed by atoms with E-state index in [4.69, 9.17) is 9.15 Å². The van der Waals surface area contributed by atoms with Gasteiger partial charge in [-0.1, -0.05) is 48.5 Å². The van der Waals surface area contributed by atoms with Gasteiger partial charge in [0.05, 0.1) is 24.8 Å². The number of aromatic nitrogens is 1. The van der Waals surface area contributed by atoms with Crippen LogP contribution in [0.1, 0.15) is 56.4 Å². The molecule has 2 heterocycles. The highest BCUT2D eigenvalue weighted by Gasteiger charge is 2.26. The van der Waals surface area contributed by atoms with E-state index in [-0.39, 0.29) is 29.4 Å². The maximum atomic E-state index is 13.1. The number of carbonyl (C=O) groups excluding carboxylic acids is 3. The molecule has 2 aromatic heterocycles. The number of fused-ring (bicyclic) bond motifs is 1. The summed E-state index contributed by atoms with van der Waals surface area (Å²) in [5, 5.41) is 3.94. The monoisotopic (exact) mass is 444 g/mol. The first-order valence-electron chi connectivity index (χ1n) is 10.5. The summed E-state index contributed by atoms with van der Waals surface area (Å²) in [5.41, 5.74) is 2.87. The molecule has 0 aliphatic rings. The van der Waals surface area contributed by atoms with Gasteiger partial charge < -0.3 is 19.5 Å². The third-order valence-electron chi connectivity index (χ3n) is 5.57. The molecule has 0 saturated heterocycles. The second kappa shape index (κ2) is 9.16. The maximum absolute atomic E-state index is 13.1. The van der Waals surface area contributed by atoms with Crippen LogP contribution in [-0.4, -0.2) is 29.8 Å². The van der Waals surface area contributed by atoms with Crippen LogP contribution in [0.4, 0.5) is 0 Å². The van der Waals surface area contributed by atoms with E-state index in [9.17, 15) is 14.4 Å². The fourth-order valence-electron chi connectivity index (χ4n) is 4.00. The number of carbonyl (C=O) groups is 3. The van der Waals surface area contributed by atoms with Crippen molar-refractivity contribution in [3.05, 3.63) is 94.5 Å². The number of rotatable bonds is 7. The van der Waals surface area contributed by atoms with Crippen molar-refractivity contribution in [3.8, 4) is 0 Å². The molecule has 0 fully saturated rings. The van der Waals surface area contributed by atoms with E-state index in [1.54, 1.807) is 6.92 Å². The van der Waals surface area contributed by atoms with Gasteiger partial charge in [-0.3, -0.25) is 9.59 Å². The van der Waals surface area contributed by atoms with Crippen LogP contribution in [0.25, 0.3) is 11.0 Å². The highest BCUT2D eigenvalue weighted by atomic mass is 16.5. The lowest BCUT2D eigenvalue weighted by atomic mass is 10.0. The minimum atomic E-state index is -0.601. The fourth-order valence-corrected chi connectivity index (χ4v) is 4.00. The summed E-state index contributed by atoms with van der Waals surface area (Å²) >= 11 is 0. The molecule has 0 spiro atoms. The number of aromatic amines is 1. The predicted octanol–water partition coefficient (Wildman–Crippen LogP) is 4.51. The summed E-state index contributed by atoms with van der Waals surface area (Å²) in [4.78, 5) is 40.4. The molecule has 33 heavy (non-hydrogen) atoms. The van der Waals surface area contributed by atoms with Crippen molar-refractivity contribution >= 4 is 28.6 Å². The number of para-hydroxylation sites is 1. The summed E-state index contributed by atoms with van der Waals surface area (Å²) in [6.45, 7) is 3.05. The Hall–Kier alpha value is -4.13. The number of H-pyrrole nitrogens is 1. The molecular weight excluding hydrogens is 420 g/mol. The average molecular weight is 444 g/mol. The second-order valence-electron chi connectivity index (χ2n) is 7.80. The number of nitrogens with one attached hydrogen (secondary N) is 2. The van der Waals surface area contributed by atoms with Gasteiger partial charge in [-0.25, -0.2) is 4.79 Å². The number of Topliss-reactive ketones (excluding diaryl/α,β-unsaturated/α-hetero) is 1. The van der Waals surface area contributed by atoms with Gasteiger partial charge in [0.1, 0.15) is 17.4 Å². The van der Waals surface area contributed by atoms with Crippen molar-refractivity contribution in [2.24, 2.45) is 0 Å². The Morgan fingerprint density at radius 2 is 1.76 bits per heavy atom. The molecule has 2 aromatic carbocycles. The Labute approximate surface area is 190 Å². The molecule has 7 heteroatoms. The van der Waals surface area contributed by atoms with E-state index < -0.39 is 12.0 Å². The lowest BCUT2D eigenvalue weighted by molar-refractivity contribution is -0.121. The number of esters is 1. The fraction of sp³-hybridized carbons (Fsp3) is 0.192. The van der Waals surface area contributed by atoms with E-state index in [0.29, 0.717) is 17.0 Å². The molecule has 2 N–H and O–H groups in total. The van der Waals surface area contributed by atoms with Gasteiger partial charge in [-0.2, -0.15) is 0 Å². The van der Waals surface area contributed by atoms with Gasteiger partial charge in [0, 0.05) is 18.0 Å². The van der Waals surface area contributed by atoms with Crippen molar-refractivity contribution < 1.29 is 23.5 Å². The lowest BCUT2D eigenvalue weighted by Gasteiger charge is -2.17. The summed E-state index contributed by atoms with van der Waals surface area (Å²) in [6.07, 6.45) is -0.137. The second-order valence-corrected chi connectivity index (χ2v) is 7.80. The van der Waals surface area contributed by atoms with E-state index in [1.165, 1.54) is 14.0 Å². The standard InChI is InChI=1S/C26H24N2O5/c1-15-23(26(31)32-3)19(27-24(15)16(2)29)14-22(30)28-25(17-9-5-4-6-10-17)21-13-18-11-7-8-12-20(18)33-21/h4-13,25,27H,14H2,1-3H3,(H,28,30). The Bertz CT molecular complexity index is 1300. The van der Waals surface area contributed by atoms with Crippen LogP contribution in [0.15, 0.2) is 65.1 Å². The van der Waals surface area contributed by atoms with Crippen LogP contribution >= 0.6 is 0 Å². The predicted molar refractivity (Wildman–Crippen MR) is 123 cm³/mol. The van der Waals surface area contributed by atoms with Crippen LogP contribution in [-0.2, 0) is 16.0 Å². The number of hydrogen-bond acceptors (Lipinski definition) is 5. The lowest BCUT2D eigenvalue weighted by Crippen LogP contribution is -2.31. The molecule has 4 aromatic rings. The Balaban J connectivity index is 1.67. The topological polar surface area (TPSA) is 101 Å². The van der Waals surface area contributed by atoms with Crippen LogP contribution < -0.4 is 5.32 Å². The van der Waals surface area contributed by atoms with Crippen molar-refractivity contribution in [1.82, 2.24) is 10.3 Å². The van der Waals surface area contributed by atoms with Gasteiger partial charge >= 0.3 is 5.97 Å². The third-order valence-corrected chi connectivity index (χ3v) is 5.57. The Kier molecular flexibility index (Phi) is 6.13. The molecular formula is C26H24N2O5. The normalized spacial score (nSPS) is 11.8. The molecule has 7 nitrogen and oxygen atoms in total. The van der Waals surface area contributed by atoms with Gasteiger partial charge in [0.15, 0.2) is 5.78 Å².